The molecule has 9 heteroatoms. The third-order valence-electron chi connectivity index (χ3n) is 6.25. The molecule has 1 heterocycles. The van der Waals surface area contributed by atoms with Crippen molar-refractivity contribution in [3.63, 3.8) is 0 Å². The lowest BCUT2D eigenvalue weighted by molar-refractivity contribution is 0.457. The molecule has 0 bridgehead atoms. The minimum atomic E-state index is -4.39. The molecule has 38 heavy (non-hydrogen) atoms. The monoisotopic (exact) mass is 578 g/mol. The van der Waals surface area contributed by atoms with Gasteiger partial charge in [0.05, 0.1) is 21.8 Å². The van der Waals surface area contributed by atoms with Crippen LogP contribution in [0.1, 0.15) is 84.8 Å². The van der Waals surface area contributed by atoms with E-state index in [2.05, 4.69) is 25.8 Å². The maximum Gasteiger partial charge on any atom is 0.341 e. The fraction of sp³-hybridized carbons (Fsp3) is 0.448. The van der Waals surface area contributed by atoms with Gasteiger partial charge in [-0.2, -0.15) is 13.4 Å². The molecule has 0 N–H and O–H groups in total. The Labute approximate surface area is 236 Å². The Kier molecular flexibility index (Phi) is 7.94. The largest absolute Gasteiger partial charge is 0.358 e. The third kappa shape index (κ3) is 6.11. The lowest BCUT2D eigenvalue weighted by atomic mass is 9.75. The Balaban J connectivity index is 2.25. The molecule has 0 fully saturated rings. The van der Waals surface area contributed by atoms with E-state index in [1.807, 2.05) is 53.7 Å². The number of rotatable bonds is 4. The van der Waals surface area contributed by atoms with Crippen molar-refractivity contribution in [3.05, 3.63) is 79.3 Å². The molecule has 0 radical (unpaired) electrons. The summed E-state index contributed by atoms with van der Waals surface area (Å²) < 4.78 is 34.8. The van der Waals surface area contributed by atoms with E-state index < -0.39 is 26.5 Å². The van der Waals surface area contributed by atoms with Crippen LogP contribution >= 0.6 is 23.2 Å². The van der Waals surface area contributed by atoms with Crippen LogP contribution in [-0.4, -0.2) is 18.0 Å². The molecule has 206 valence electrons. The van der Waals surface area contributed by atoms with Gasteiger partial charge in [-0.3, -0.25) is 9.36 Å². The summed E-state index contributed by atoms with van der Waals surface area (Å²) in [5, 5.41) is 0.465. The first-order valence-electron chi connectivity index (χ1n) is 12.3. The van der Waals surface area contributed by atoms with E-state index in [0.29, 0.717) is 16.8 Å². The van der Waals surface area contributed by atoms with Gasteiger partial charge in [0.2, 0.25) is 5.88 Å². The molecule has 6 nitrogen and oxygen atoms in total. The van der Waals surface area contributed by atoms with Crippen LogP contribution in [0.15, 0.2) is 46.1 Å². The molecular weight excluding hydrogens is 543 g/mol. The van der Waals surface area contributed by atoms with Crippen molar-refractivity contribution in [1.82, 2.24) is 9.55 Å². The highest BCUT2D eigenvalue weighted by atomic mass is 35.5. The Morgan fingerprint density at radius 1 is 0.842 bits per heavy atom. The predicted molar refractivity (Wildman–Crippen MR) is 155 cm³/mol. The highest BCUT2D eigenvalue weighted by Gasteiger charge is 2.36. The van der Waals surface area contributed by atoms with Gasteiger partial charge in [0.1, 0.15) is 10.7 Å². The van der Waals surface area contributed by atoms with E-state index in [0.717, 1.165) is 11.6 Å². The quantitative estimate of drug-likeness (QED) is 0.299. The second kappa shape index (κ2) is 10.00. The average Bonchev–Trinajstić information content (AvgIpc) is 2.73. The first-order chi connectivity index (χ1) is 17.1. The maximum atomic E-state index is 14.0. The molecule has 0 unspecified atom stereocenters. The van der Waals surface area contributed by atoms with Gasteiger partial charge in [-0.1, -0.05) is 104 Å². The van der Waals surface area contributed by atoms with E-state index in [1.165, 1.54) is 4.57 Å². The zero-order chi connectivity index (χ0) is 29.0. The first-order valence-corrected chi connectivity index (χ1v) is 14.5. The molecule has 0 spiro atoms. The summed E-state index contributed by atoms with van der Waals surface area (Å²) in [6, 6.07) is 9.83. The van der Waals surface area contributed by atoms with Gasteiger partial charge in [0.25, 0.3) is 5.56 Å². The molecule has 0 amide bonds. The summed E-state index contributed by atoms with van der Waals surface area (Å²) in [5.41, 5.74) is 0.881. The van der Waals surface area contributed by atoms with Gasteiger partial charge >= 0.3 is 10.1 Å². The van der Waals surface area contributed by atoms with Crippen LogP contribution in [0.3, 0.4) is 0 Å². The molecule has 0 saturated carbocycles. The number of nitrogens with zero attached hydrogens (tertiary/aromatic N) is 2. The van der Waals surface area contributed by atoms with Gasteiger partial charge in [0, 0.05) is 0 Å². The van der Waals surface area contributed by atoms with E-state index in [4.69, 9.17) is 27.4 Å². The van der Waals surface area contributed by atoms with E-state index >= 15 is 0 Å². The number of aromatic nitrogens is 2. The molecule has 0 aliphatic heterocycles. The van der Waals surface area contributed by atoms with Crippen molar-refractivity contribution in [3.8, 4) is 11.6 Å². The highest BCUT2D eigenvalue weighted by Crippen LogP contribution is 2.41. The van der Waals surface area contributed by atoms with Crippen molar-refractivity contribution in [2.45, 2.75) is 90.4 Å². The summed E-state index contributed by atoms with van der Waals surface area (Å²) in [4.78, 5) is 17.5. The fourth-order valence-corrected chi connectivity index (χ4v) is 6.21. The lowest BCUT2D eigenvalue weighted by Gasteiger charge is -2.32. The summed E-state index contributed by atoms with van der Waals surface area (Å²) >= 11 is 12.4. The van der Waals surface area contributed by atoms with Crippen LogP contribution in [0.2, 0.25) is 10.0 Å². The Bertz CT molecular complexity index is 1520. The Morgan fingerprint density at radius 2 is 1.37 bits per heavy atom. The number of halogens is 2. The van der Waals surface area contributed by atoms with Crippen molar-refractivity contribution in [2.75, 3.05) is 0 Å². The number of hydrogen-bond acceptors (Lipinski definition) is 5. The minimum absolute atomic E-state index is 0.104. The van der Waals surface area contributed by atoms with Gasteiger partial charge in [-0.25, -0.2) is 0 Å². The Morgan fingerprint density at radius 3 is 1.82 bits per heavy atom. The van der Waals surface area contributed by atoms with Gasteiger partial charge in [-0.15, -0.1) is 0 Å². The van der Waals surface area contributed by atoms with Gasteiger partial charge < -0.3 is 4.18 Å². The van der Waals surface area contributed by atoms with E-state index in [-0.39, 0.29) is 32.1 Å². The SMILES string of the molecule is Cc1nc(OS(=O)(=O)c2c(C(C)(C)C)cc(C(C)(C)C)cc2C(C)(C)C)cc(=O)n1-c1cccc(Cl)c1Cl. The smallest absolute Gasteiger partial charge is 0.341 e. The van der Waals surface area contributed by atoms with Crippen LogP contribution < -0.4 is 9.74 Å². The molecule has 0 saturated heterocycles. The normalized spacial score (nSPS) is 13.1. The molecule has 0 atom stereocenters. The van der Waals surface area contributed by atoms with Crippen molar-refractivity contribution < 1.29 is 12.6 Å². The standard InChI is InChI=1S/C29H36Cl2N2O4S/c1-17-32-23(16-24(34)33(17)22-13-11-12-21(30)25(22)31)37-38(35,36)26-19(28(5,6)7)14-18(27(2,3)4)15-20(26)29(8,9)10/h11-16H,1-10H3. The summed E-state index contributed by atoms with van der Waals surface area (Å²) in [7, 11) is -4.39. The molecule has 1 aromatic heterocycles. The van der Waals surface area contributed by atoms with Crippen LogP contribution in [0, 0.1) is 6.92 Å². The lowest BCUT2D eigenvalue weighted by Crippen LogP contribution is -2.28. The second-order valence-corrected chi connectivity index (χ2v) is 14.8. The molecular formula is C29H36Cl2N2O4S. The predicted octanol–water partition coefficient (Wildman–Crippen LogP) is 7.51. The Hall–Kier alpha value is -2.35. The second-order valence-electron chi connectivity index (χ2n) is 12.6. The van der Waals surface area contributed by atoms with Gasteiger partial charge in [0.15, 0.2) is 0 Å². The molecule has 3 rings (SSSR count). The van der Waals surface area contributed by atoms with Crippen LogP contribution in [0.25, 0.3) is 5.69 Å². The summed E-state index contributed by atoms with van der Waals surface area (Å²) in [5.74, 6) is -0.122. The highest BCUT2D eigenvalue weighted by molar-refractivity contribution is 7.87. The molecule has 3 aromatic rings. The maximum absolute atomic E-state index is 14.0. The minimum Gasteiger partial charge on any atom is -0.358 e. The number of benzene rings is 2. The molecule has 2 aromatic carbocycles. The average molecular weight is 580 g/mol. The summed E-state index contributed by atoms with van der Waals surface area (Å²) in [6.45, 7) is 19.7. The van der Waals surface area contributed by atoms with Crippen molar-refractivity contribution in [1.29, 1.82) is 0 Å². The fourth-order valence-electron chi connectivity index (χ4n) is 4.17. The zero-order valence-electron chi connectivity index (χ0n) is 23.7. The van der Waals surface area contributed by atoms with Crippen molar-refractivity contribution >= 4 is 33.3 Å². The third-order valence-corrected chi connectivity index (χ3v) is 8.39. The topological polar surface area (TPSA) is 78.3 Å². The first kappa shape index (κ1) is 30.2. The van der Waals surface area contributed by atoms with Crippen LogP contribution in [0.4, 0.5) is 0 Å². The number of aryl methyl sites for hydroxylation is 1. The van der Waals surface area contributed by atoms with Crippen LogP contribution in [0.5, 0.6) is 5.88 Å². The zero-order valence-corrected chi connectivity index (χ0v) is 26.0. The van der Waals surface area contributed by atoms with E-state index in [1.54, 1.807) is 25.1 Å². The molecule has 0 aliphatic carbocycles. The van der Waals surface area contributed by atoms with Crippen molar-refractivity contribution in [2.24, 2.45) is 0 Å². The van der Waals surface area contributed by atoms with E-state index in [9.17, 15) is 13.2 Å². The van der Waals surface area contributed by atoms with Crippen LogP contribution in [-0.2, 0) is 26.4 Å². The molecule has 0 aliphatic rings. The number of hydrogen-bond donors (Lipinski definition) is 0. The summed E-state index contributed by atoms with van der Waals surface area (Å²) in [6.07, 6.45) is 0. The van der Waals surface area contributed by atoms with Gasteiger partial charge in [-0.05, 0) is 52.0 Å².